The van der Waals surface area contributed by atoms with Crippen LogP contribution in [0.1, 0.15) is 76.8 Å². The van der Waals surface area contributed by atoms with E-state index in [2.05, 4.69) is 30.6 Å². The molecule has 6 nitrogen and oxygen atoms in total. The molecule has 0 spiro atoms. The van der Waals surface area contributed by atoms with Crippen LogP contribution in [0, 0.1) is 18.3 Å². The molecule has 8 heteroatoms. The minimum atomic E-state index is -0.713. The SMILES string of the molecule is C=CNCC(CC(C)=O)(CC(N)=O)CN(Cc1ccc(Cl)cc1Cl)c1ccc(C)cc1.CCCCCC(C)CCN. The van der Waals surface area contributed by atoms with E-state index in [1.54, 1.807) is 18.3 Å². The standard InChI is InChI=1S/C24H29Cl2N3O2.C9H21N/c1-4-28-15-24(12-18(3)30,13-23(27)31)16-29(21-9-5-17(2)6-10-21)14-19-7-8-20(25)11-22(19)26;1-3-4-5-6-9(2)7-8-10/h4-11,28H,1,12-16H2,2-3H3,(H2,27,31);9H,3-8,10H2,1-2H3. The first-order chi connectivity index (χ1) is 19.4. The molecule has 0 aromatic heterocycles. The van der Waals surface area contributed by atoms with E-state index in [1.165, 1.54) is 39.0 Å². The number of nitrogens with one attached hydrogen (secondary N) is 1. The van der Waals surface area contributed by atoms with Gasteiger partial charge in [-0.05, 0) is 68.8 Å². The van der Waals surface area contributed by atoms with E-state index in [0.29, 0.717) is 29.7 Å². The number of halogens is 2. The molecule has 2 unspecified atom stereocenters. The van der Waals surface area contributed by atoms with Crippen molar-refractivity contribution in [2.45, 2.75) is 79.2 Å². The Morgan fingerprint density at radius 3 is 2.32 bits per heavy atom. The second-order valence-electron chi connectivity index (χ2n) is 11.2. The minimum absolute atomic E-state index is 0.0134. The summed E-state index contributed by atoms with van der Waals surface area (Å²) in [4.78, 5) is 26.2. The van der Waals surface area contributed by atoms with Crippen LogP contribution in [-0.4, -0.2) is 31.3 Å². The number of hydrogen-bond acceptors (Lipinski definition) is 5. The van der Waals surface area contributed by atoms with Crippen molar-refractivity contribution in [3.05, 3.63) is 76.4 Å². The Morgan fingerprint density at radius 1 is 1.10 bits per heavy atom. The van der Waals surface area contributed by atoms with Crippen molar-refractivity contribution in [1.82, 2.24) is 5.32 Å². The summed E-state index contributed by atoms with van der Waals surface area (Å²) in [6.07, 6.45) is 8.48. The third kappa shape index (κ3) is 14.8. The molecule has 0 heterocycles. The fourth-order valence-electron chi connectivity index (χ4n) is 4.97. The third-order valence-corrected chi connectivity index (χ3v) is 7.64. The second-order valence-corrected chi connectivity index (χ2v) is 12.1. The van der Waals surface area contributed by atoms with Crippen molar-refractivity contribution in [1.29, 1.82) is 0 Å². The highest BCUT2D eigenvalue weighted by molar-refractivity contribution is 6.35. The molecule has 0 saturated carbocycles. The first kappa shape index (κ1) is 36.5. The molecule has 228 valence electrons. The van der Waals surface area contributed by atoms with Gasteiger partial charge < -0.3 is 26.5 Å². The van der Waals surface area contributed by atoms with Gasteiger partial charge >= 0.3 is 0 Å². The van der Waals surface area contributed by atoms with Crippen LogP contribution in [0.5, 0.6) is 0 Å². The van der Waals surface area contributed by atoms with Gasteiger partial charge in [-0.3, -0.25) is 4.79 Å². The zero-order chi connectivity index (χ0) is 30.8. The van der Waals surface area contributed by atoms with Gasteiger partial charge in [0, 0.05) is 53.6 Å². The van der Waals surface area contributed by atoms with Crippen LogP contribution >= 0.6 is 23.2 Å². The van der Waals surface area contributed by atoms with Gasteiger partial charge in [0.1, 0.15) is 5.78 Å². The van der Waals surface area contributed by atoms with E-state index in [9.17, 15) is 9.59 Å². The van der Waals surface area contributed by atoms with E-state index in [-0.39, 0.29) is 18.6 Å². The monoisotopic (exact) mass is 604 g/mol. The Bertz CT molecular complexity index is 1060. The molecule has 2 rings (SSSR count). The highest BCUT2D eigenvalue weighted by Crippen LogP contribution is 2.33. The van der Waals surface area contributed by atoms with Gasteiger partial charge in [-0.1, -0.05) is 93.1 Å². The summed E-state index contributed by atoms with van der Waals surface area (Å²) in [5.41, 5.74) is 13.3. The molecular formula is C33H50Cl2N4O2. The number of primary amides is 1. The molecule has 0 aliphatic rings. The first-order valence-corrected chi connectivity index (χ1v) is 15.3. The van der Waals surface area contributed by atoms with Crippen molar-refractivity contribution in [3.8, 4) is 0 Å². The van der Waals surface area contributed by atoms with Gasteiger partial charge in [-0.15, -0.1) is 0 Å². The van der Waals surface area contributed by atoms with Crippen LogP contribution in [0.3, 0.4) is 0 Å². The number of unbranched alkanes of at least 4 members (excludes halogenated alkanes) is 2. The van der Waals surface area contributed by atoms with Crippen LogP contribution in [-0.2, 0) is 16.1 Å². The molecule has 41 heavy (non-hydrogen) atoms. The summed E-state index contributed by atoms with van der Waals surface area (Å²) in [6.45, 7) is 13.9. The van der Waals surface area contributed by atoms with Crippen molar-refractivity contribution in [2.24, 2.45) is 22.8 Å². The van der Waals surface area contributed by atoms with E-state index in [1.807, 2.05) is 37.3 Å². The molecule has 0 aliphatic heterocycles. The maximum Gasteiger partial charge on any atom is 0.218 e. The number of ketones is 1. The number of aryl methyl sites for hydroxylation is 1. The molecule has 2 aromatic carbocycles. The number of benzene rings is 2. The largest absolute Gasteiger partial charge is 0.391 e. The zero-order valence-electron chi connectivity index (χ0n) is 25.4. The fraction of sp³-hybridized carbons (Fsp3) is 0.515. The summed E-state index contributed by atoms with van der Waals surface area (Å²) < 4.78 is 0. The van der Waals surface area contributed by atoms with Crippen LogP contribution in [0.2, 0.25) is 10.0 Å². The smallest absolute Gasteiger partial charge is 0.218 e. The normalized spacial score (nSPS) is 12.9. The van der Waals surface area contributed by atoms with Crippen LogP contribution in [0.25, 0.3) is 0 Å². The van der Waals surface area contributed by atoms with E-state index >= 15 is 0 Å². The molecule has 2 aromatic rings. The van der Waals surface area contributed by atoms with Crippen LogP contribution in [0.15, 0.2) is 55.2 Å². The van der Waals surface area contributed by atoms with Gasteiger partial charge in [0.25, 0.3) is 0 Å². The molecule has 5 N–H and O–H groups in total. The molecule has 0 fully saturated rings. The molecular weight excluding hydrogens is 555 g/mol. The number of carbonyl (C=O) groups excluding carboxylic acids is 2. The number of carbonyl (C=O) groups is 2. The number of amides is 1. The predicted octanol–water partition coefficient (Wildman–Crippen LogP) is 7.43. The summed E-state index contributed by atoms with van der Waals surface area (Å²) in [5, 5.41) is 4.20. The van der Waals surface area contributed by atoms with E-state index < -0.39 is 11.3 Å². The number of hydrogen-bond donors (Lipinski definition) is 3. The van der Waals surface area contributed by atoms with Gasteiger partial charge in [-0.2, -0.15) is 0 Å². The van der Waals surface area contributed by atoms with E-state index in [4.69, 9.17) is 34.7 Å². The zero-order valence-corrected chi connectivity index (χ0v) is 26.9. The van der Waals surface area contributed by atoms with Crippen LogP contribution in [0.4, 0.5) is 5.69 Å². The van der Waals surface area contributed by atoms with E-state index in [0.717, 1.165) is 29.3 Å². The van der Waals surface area contributed by atoms with Gasteiger partial charge in [0.2, 0.25) is 5.91 Å². The third-order valence-electron chi connectivity index (χ3n) is 7.06. The number of rotatable bonds is 18. The maximum absolute atomic E-state index is 12.2. The molecule has 0 saturated heterocycles. The van der Waals surface area contributed by atoms with Crippen molar-refractivity contribution >= 4 is 40.6 Å². The highest BCUT2D eigenvalue weighted by Gasteiger charge is 2.36. The molecule has 0 bridgehead atoms. The summed E-state index contributed by atoms with van der Waals surface area (Å²) in [6, 6.07) is 13.5. The number of anilines is 1. The Balaban J connectivity index is 0.000000716. The number of Topliss-reactive ketones (excluding diaryl/α,β-unsaturated/α-hetero) is 1. The minimum Gasteiger partial charge on any atom is -0.391 e. The number of nitrogens with zero attached hydrogens (tertiary/aromatic N) is 1. The first-order valence-electron chi connectivity index (χ1n) is 14.5. The molecule has 0 aliphatic carbocycles. The molecule has 0 radical (unpaired) electrons. The lowest BCUT2D eigenvalue weighted by Gasteiger charge is -2.39. The van der Waals surface area contributed by atoms with Gasteiger partial charge in [-0.25, -0.2) is 0 Å². The summed E-state index contributed by atoms with van der Waals surface area (Å²) in [5.74, 6) is 0.373. The lowest BCUT2D eigenvalue weighted by Crippen LogP contribution is -2.46. The van der Waals surface area contributed by atoms with Gasteiger partial charge in [0.15, 0.2) is 0 Å². The van der Waals surface area contributed by atoms with Crippen LogP contribution < -0.4 is 21.7 Å². The highest BCUT2D eigenvalue weighted by atomic mass is 35.5. The summed E-state index contributed by atoms with van der Waals surface area (Å²) in [7, 11) is 0. The van der Waals surface area contributed by atoms with Crippen molar-refractivity contribution in [3.63, 3.8) is 0 Å². The Hall–Kier alpha value is -2.54. The lowest BCUT2D eigenvalue weighted by molar-refractivity contribution is -0.122. The van der Waals surface area contributed by atoms with Gasteiger partial charge in [0.05, 0.1) is 0 Å². The topological polar surface area (TPSA) is 101 Å². The Labute approximate surface area is 257 Å². The molecule has 1 amide bonds. The quantitative estimate of drug-likeness (QED) is 0.153. The van der Waals surface area contributed by atoms with Crippen molar-refractivity contribution in [2.75, 3.05) is 24.5 Å². The average Bonchev–Trinajstić information content (AvgIpc) is 2.89. The fourth-order valence-corrected chi connectivity index (χ4v) is 5.44. The predicted molar refractivity (Wildman–Crippen MR) is 175 cm³/mol. The Kier molecular flexibility index (Phi) is 17.4. The summed E-state index contributed by atoms with van der Waals surface area (Å²) >= 11 is 12.5. The maximum atomic E-state index is 12.2. The lowest BCUT2D eigenvalue weighted by atomic mass is 9.78. The number of nitrogens with two attached hydrogens (primary N) is 2. The second kappa shape index (κ2) is 19.6. The Morgan fingerprint density at radius 2 is 1.78 bits per heavy atom. The van der Waals surface area contributed by atoms with Crippen molar-refractivity contribution < 1.29 is 9.59 Å². The molecule has 2 atom stereocenters. The average molecular weight is 606 g/mol.